The van der Waals surface area contributed by atoms with Crippen molar-refractivity contribution in [1.29, 1.82) is 0 Å². The minimum Gasteiger partial charge on any atom is -0.472 e. The van der Waals surface area contributed by atoms with Crippen molar-refractivity contribution in [2.45, 2.75) is 25.8 Å². The van der Waals surface area contributed by atoms with Gasteiger partial charge in [-0.05, 0) is 48.7 Å². The maximum atomic E-state index is 12.9. The van der Waals surface area contributed by atoms with E-state index in [1.807, 2.05) is 18.2 Å². The van der Waals surface area contributed by atoms with Crippen molar-refractivity contribution in [1.82, 2.24) is 5.32 Å². The zero-order chi connectivity index (χ0) is 12.8. The summed E-state index contributed by atoms with van der Waals surface area (Å²) in [6.07, 6.45) is 5.35. The van der Waals surface area contributed by atoms with Crippen molar-refractivity contribution in [2.24, 2.45) is 0 Å². The molecule has 2 rings (SSSR count). The van der Waals surface area contributed by atoms with E-state index in [-0.39, 0.29) is 11.9 Å². The van der Waals surface area contributed by atoms with Gasteiger partial charge >= 0.3 is 0 Å². The lowest BCUT2D eigenvalue weighted by Gasteiger charge is -2.18. The zero-order valence-corrected chi connectivity index (χ0v) is 10.5. The Kier molecular flexibility index (Phi) is 4.53. The molecule has 1 atom stereocenters. The molecule has 1 N–H and O–H groups in total. The van der Waals surface area contributed by atoms with Gasteiger partial charge in [0, 0.05) is 6.04 Å². The van der Waals surface area contributed by atoms with Gasteiger partial charge in [-0.3, -0.25) is 0 Å². The molecule has 1 aromatic heterocycles. The van der Waals surface area contributed by atoms with Gasteiger partial charge in [0.05, 0.1) is 12.5 Å². The van der Waals surface area contributed by atoms with E-state index >= 15 is 0 Å². The quantitative estimate of drug-likeness (QED) is 0.842. The molecule has 0 fully saturated rings. The fourth-order valence-electron chi connectivity index (χ4n) is 1.97. The second kappa shape index (κ2) is 6.36. The maximum absolute atomic E-state index is 12.9. The van der Waals surface area contributed by atoms with E-state index < -0.39 is 0 Å². The highest BCUT2D eigenvalue weighted by Crippen LogP contribution is 2.19. The van der Waals surface area contributed by atoms with Crippen LogP contribution in [0.3, 0.4) is 0 Å². The van der Waals surface area contributed by atoms with Crippen molar-refractivity contribution >= 4 is 0 Å². The van der Waals surface area contributed by atoms with Crippen LogP contribution in [0.25, 0.3) is 0 Å². The monoisotopic (exact) mass is 247 g/mol. The Morgan fingerprint density at radius 3 is 2.61 bits per heavy atom. The minimum absolute atomic E-state index is 0.197. The van der Waals surface area contributed by atoms with Crippen molar-refractivity contribution in [2.75, 3.05) is 6.54 Å². The smallest absolute Gasteiger partial charge is 0.123 e. The lowest BCUT2D eigenvalue weighted by molar-refractivity contribution is 0.519. The normalized spacial score (nSPS) is 12.6. The first-order chi connectivity index (χ1) is 8.79. The molecule has 0 saturated heterocycles. The summed E-state index contributed by atoms with van der Waals surface area (Å²) in [5, 5.41) is 3.48. The molecule has 0 aliphatic rings. The van der Waals surface area contributed by atoms with Gasteiger partial charge in [0.1, 0.15) is 5.82 Å². The van der Waals surface area contributed by atoms with Gasteiger partial charge in [-0.15, -0.1) is 0 Å². The van der Waals surface area contributed by atoms with Gasteiger partial charge in [0.2, 0.25) is 0 Å². The number of halogens is 1. The van der Waals surface area contributed by atoms with Crippen LogP contribution < -0.4 is 5.32 Å². The van der Waals surface area contributed by atoms with Crippen LogP contribution in [0.2, 0.25) is 0 Å². The molecule has 0 spiro atoms. The van der Waals surface area contributed by atoms with E-state index in [4.69, 9.17) is 4.42 Å². The Morgan fingerprint density at radius 1 is 1.22 bits per heavy atom. The van der Waals surface area contributed by atoms with Crippen LogP contribution in [0.5, 0.6) is 0 Å². The third-order valence-electron chi connectivity index (χ3n) is 2.93. The number of furan rings is 1. The van der Waals surface area contributed by atoms with E-state index in [0.717, 1.165) is 30.5 Å². The fraction of sp³-hybridized carbons (Fsp3) is 0.333. The molecule has 0 aliphatic heterocycles. The third-order valence-corrected chi connectivity index (χ3v) is 2.93. The van der Waals surface area contributed by atoms with Crippen LogP contribution in [-0.4, -0.2) is 6.54 Å². The predicted octanol–water partition coefficient (Wildman–Crippen LogP) is 3.70. The standard InChI is InChI=1S/C15H18FNO/c1-2-8-17-15(10-12-7-9-18-11-12)13-3-5-14(16)6-4-13/h3-7,9,11,15,17H,2,8,10H2,1H3. The Hall–Kier alpha value is -1.61. The highest BCUT2D eigenvalue weighted by Gasteiger charge is 2.12. The molecule has 3 heteroatoms. The topological polar surface area (TPSA) is 25.2 Å². The lowest BCUT2D eigenvalue weighted by atomic mass is 10.0. The second-order valence-corrected chi connectivity index (χ2v) is 4.39. The average Bonchev–Trinajstić information content (AvgIpc) is 2.88. The molecule has 0 saturated carbocycles. The number of hydrogen-bond donors (Lipinski definition) is 1. The summed E-state index contributed by atoms with van der Waals surface area (Å²) in [5.74, 6) is -0.198. The van der Waals surface area contributed by atoms with E-state index in [2.05, 4.69) is 12.2 Å². The number of nitrogens with one attached hydrogen (secondary N) is 1. The number of benzene rings is 1. The van der Waals surface area contributed by atoms with Crippen LogP contribution in [0.4, 0.5) is 4.39 Å². The molecule has 0 amide bonds. The minimum atomic E-state index is -0.198. The highest BCUT2D eigenvalue weighted by atomic mass is 19.1. The summed E-state index contributed by atoms with van der Waals surface area (Å²) in [6, 6.07) is 8.84. The van der Waals surface area contributed by atoms with Crippen molar-refractivity contribution in [3.63, 3.8) is 0 Å². The number of hydrogen-bond acceptors (Lipinski definition) is 2. The Balaban J connectivity index is 2.11. The Labute approximate surface area is 107 Å². The maximum Gasteiger partial charge on any atom is 0.123 e. The lowest BCUT2D eigenvalue weighted by Crippen LogP contribution is -2.23. The first-order valence-electron chi connectivity index (χ1n) is 6.29. The molecule has 0 radical (unpaired) electrons. The van der Waals surface area contributed by atoms with Crippen molar-refractivity contribution < 1.29 is 8.81 Å². The van der Waals surface area contributed by atoms with Gasteiger partial charge in [0.25, 0.3) is 0 Å². The molecule has 0 bridgehead atoms. The Bertz CT molecular complexity index is 450. The molecule has 1 heterocycles. The van der Waals surface area contributed by atoms with Crippen LogP contribution in [-0.2, 0) is 6.42 Å². The first-order valence-corrected chi connectivity index (χ1v) is 6.29. The molecule has 18 heavy (non-hydrogen) atoms. The summed E-state index contributed by atoms with van der Waals surface area (Å²) in [6.45, 7) is 3.08. The first kappa shape index (κ1) is 12.8. The van der Waals surface area contributed by atoms with Gasteiger partial charge in [-0.25, -0.2) is 4.39 Å². The third kappa shape index (κ3) is 3.44. The van der Waals surface area contributed by atoms with Crippen LogP contribution in [0.15, 0.2) is 47.3 Å². The molecule has 1 aromatic carbocycles. The summed E-state index contributed by atoms with van der Waals surface area (Å²) in [7, 11) is 0. The molecule has 0 aliphatic carbocycles. The Morgan fingerprint density at radius 2 is 2.00 bits per heavy atom. The summed E-state index contributed by atoms with van der Waals surface area (Å²) in [4.78, 5) is 0. The zero-order valence-electron chi connectivity index (χ0n) is 10.5. The summed E-state index contributed by atoms with van der Waals surface area (Å²) < 4.78 is 18.0. The van der Waals surface area contributed by atoms with E-state index in [9.17, 15) is 4.39 Å². The predicted molar refractivity (Wildman–Crippen MR) is 69.8 cm³/mol. The van der Waals surface area contributed by atoms with E-state index in [1.54, 1.807) is 12.5 Å². The van der Waals surface area contributed by atoms with Crippen molar-refractivity contribution in [3.8, 4) is 0 Å². The summed E-state index contributed by atoms with van der Waals surface area (Å²) in [5.41, 5.74) is 2.25. The number of rotatable bonds is 6. The molecule has 1 unspecified atom stereocenters. The molecule has 2 nitrogen and oxygen atoms in total. The van der Waals surface area contributed by atoms with E-state index in [0.29, 0.717) is 0 Å². The molecule has 2 aromatic rings. The molecular weight excluding hydrogens is 229 g/mol. The van der Waals surface area contributed by atoms with Crippen LogP contribution in [0, 0.1) is 5.82 Å². The average molecular weight is 247 g/mol. The van der Waals surface area contributed by atoms with Gasteiger partial charge < -0.3 is 9.73 Å². The van der Waals surface area contributed by atoms with Gasteiger partial charge in [0.15, 0.2) is 0 Å². The molecular formula is C15H18FNO. The van der Waals surface area contributed by atoms with Gasteiger partial charge in [-0.1, -0.05) is 19.1 Å². The van der Waals surface area contributed by atoms with Crippen LogP contribution >= 0.6 is 0 Å². The molecule has 96 valence electrons. The van der Waals surface area contributed by atoms with Gasteiger partial charge in [-0.2, -0.15) is 0 Å². The summed E-state index contributed by atoms with van der Waals surface area (Å²) >= 11 is 0. The van der Waals surface area contributed by atoms with Crippen molar-refractivity contribution in [3.05, 3.63) is 59.8 Å². The van der Waals surface area contributed by atoms with E-state index in [1.165, 1.54) is 12.1 Å². The largest absolute Gasteiger partial charge is 0.472 e. The highest BCUT2D eigenvalue weighted by molar-refractivity contribution is 5.22. The second-order valence-electron chi connectivity index (χ2n) is 4.39. The fourth-order valence-corrected chi connectivity index (χ4v) is 1.97. The SMILES string of the molecule is CCCNC(Cc1ccoc1)c1ccc(F)cc1. The van der Waals surface area contributed by atoms with Crippen LogP contribution in [0.1, 0.15) is 30.5 Å².